The highest BCUT2D eigenvalue weighted by Gasteiger charge is 2.19. The lowest BCUT2D eigenvalue weighted by atomic mass is 10.1. The molecule has 3 heterocycles. The van der Waals surface area contributed by atoms with E-state index in [0.29, 0.717) is 0 Å². The van der Waals surface area contributed by atoms with E-state index in [-0.39, 0.29) is 6.79 Å². The summed E-state index contributed by atoms with van der Waals surface area (Å²) in [6, 6.07) is 10.3. The minimum atomic E-state index is 0.288. The van der Waals surface area contributed by atoms with Crippen LogP contribution in [0.25, 0.3) is 20.8 Å². The zero-order valence-corrected chi connectivity index (χ0v) is 13.0. The number of anilines is 1. The zero-order valence-electron chi connectivity index (χ0n) is 11.4. The molecule has 3 aromatic rings. The van der Waals surface area contributed by atoms with Gasteiger partial charge >= 0.3 is 0 Å². The average Bonchev–Trinajstić information content (AvgIpc) is 3.19. The summed E-state index contributed by atoms with van der Waals surface area (Å²) in [5.74, 6) is 1.56. The number of thiocarbonyl (C=S) groups is 1. The van der Waals surface area contributed by atoms with Crippen LogP contribution in [0.2, 0.25) is 0 Å². The highest BCUT2D eigenvalue weighted by molar-refractivity contribution is 7.80. The zero-order chi connectivity index (χ0) is 14.7. The van der Waals surface area contributed by atoms with Crippen molar-refractivity contribution in [1.29, 1.82) is 0 Å². The minimum Gasteiger partial charge on any atom is -0.454 e. The maximum Gasteiger partial charge on any atom is 0.231 e. The standard InChI is InChI=1S/C16H10N2O2S2/c21-15-4-8-1-2-9(3-10(8)17-15)16-18-11-5-12-13(20-7-19-12)6-14(11)22-16/h1-3,5-6H,4,7H2,(H,17,21). The second-order valence-corrected chi connectivity index (χ2v) is 6.81. The quantitative estimate of drug-likeness (QED) is 0.685. The molecule has 108 valence electrons. The third-order valence-electron chi connectivity index (χ3n) is 3.86. The Hall–Kier alpha value is -2.18. The molecule has 22 heavy (non-hydrogen) atoms. The molecular weight excluding hydrogens is 316 g/mol. The van der Waals surface area contributed by atoms with Crippen LogP contribution in [0.3, 0.4) is 0 Å². The van der Waals surface area contributed by atoms with Gasteiger partial charge in [-0.2, -0.15) is 0 Å². The van der Waals surface area contributed by atoms with Gasteiger partial charge in [-0.25, -0.2) is 4.98 Å². The molecule has 0 saturated heterocycles. The van der Waals surface area contributed by atoms with Crippen molar-refractivity contribution in [3.05, 3.63) is 35.9 Å². The second-order valence-electron chi connectivity index (χ2n) is 5.29. The Morgan fingerprint density at radius 2 is 2.00 bits per heavy atom. The minimum absolute atomic E-state index is 0.288. The van der Waals surface area contributed by atoms with Gasteiger partial charge in [-0.3, -0.25) is 0 Å². The second kappa shape index (κ2) is 4.41. The number of hydrogen-bond acceptors (Lipinski definition) is 5. The summed E-state index contributed by atoms with van der Waals surface area (Å²) < 4.78 is 11.9. The van der Waals surface area contributed by atoms with Crippen LogP contribution in [0.15, 0.2) is 30.3 Å². The number of benzene rings is 2. The van der Waals surface area contributed by atoms with Crippen LogP contribution in [0.1, 0.15) is 5.56 Å². The van der Waals surface area contributed by atoms with E-state index in [1.54, 1.807) is 11.3 Å². The first-order chi connectivity index (χ1) is 10.8. The van der Waals surface area contributed by atoms with Crippen molar-refractivity contribution in [2.24, 2.45) is 0 Å². The molecule has 4 nitrogen and oxygen atoms in total. The highest BCUT2D eigenvalue weighted by Crippen LogP contribution is 2.40. The number of hydrogen-bond donors (Lipinski definition) is 1. The summed E-state index contributed by atoms with van der Waals surface area (Å²) in [5.41, 5.74) is 4.37. The Morgan fingerprint density at radius 3 is 2.91 bits per heavy atom. The Kier molecular flexibility index (Phi) is 2.48. The predicted octanol–water partition coefficient (Wildman–Crippen LogP) is 3.99. The number of nitrogens with one attached hydrogen (secondary N) is 1. The third-order valence-corrected chi connectivity index (χ3v) is 5.18. The van der Waals surface area contributed by atoms with Gasteiger partial charge < -0.3 is 14.8 Å². The van der Waals surface area contributed by atoms with Crippen LogP contribution in [0, 0.1) is 0 Å². The smallest absolute Gasteiger partial charge is 0.231 e. The Morgan fingerprint density at radius 1 is 1.14 bits per heavy atom. The van der Waals surface area contributed by atoms with Gasteiger partial charge in [-0.15, -0.1) is 11.3 Å². The number of fused-ring (bicyclic) bond motifs is 3. The molecule has 6 heteroatoms. The molecule has 0 unspecified atom stereocenters. The van der Waals surface area contributed by atoms with Crippen LogP contribution in [0.5, 0.6) is 11.5 Å². The SMILES string of the molecule is S=C1Cc2ccc(-c3nc4cc5c(cc4s3)OCO5)cc2N1. The topological polar surface area (TPSA) is 43.4 Å². The first kappa shape index (κ1) is 12.4. The van der Waals surface area contributed by atoms with E-state index in [0.717, 1.165) is 49.4 Å². The molecule has 1 aromatic heterocycles. The molecule has 0 saturated carbocycles. The van der Waals surface area contributed by atoms with E-state index < -0.39 is 0 Å². The van der Waals surface area contributed by atoms with E-state index in [4.69, 9.17) is 26.7 Å². The molecule has 0 spiro atoms. The molecule has 0 fully saturated rings. The molecule has 2 aliphatic heterocycles. The fourth-order valence-electron chi connectivity index (χ4n) is 2.79. The molecule has 0 amide bonds. The molecular formula is C16H10N2O2S2. The van der Waals surface area contributed by atoms with Crippen molar-refractivity contribution >= 4 is 44.4 Å². The molecule has 0 atom stereocenters. The summed E-state index contributed by atoms with van der Waals surface area (Å²) in [6.07, 6.45) is 0.826. The van der Waals surface area contributed by atoms with Gasteiger partial charge in [0.25, 0.3) is 0 Å². The Bertz CT molecular complexity index is 908. The van der Waals surface area contributed by atoms with Gasteiger partial charge in [0, 0.05) is 29.8 Å². The number of ether oxygens (including phenoxy) is 2. The van der Waals surface area contributed by atoms with Gasteiger partial charge in [0.1, 0.15) is 5.01 Å². The Balaban J connectivity index is 1.62. The predicted molar refractivity (Wildman–Crippen MR) is 91.1 cm³/mol. The fourth-order valence-corrected chi connectivity index (χ4v) is 4.03. The van der Waals surface area contributed by atoms with Crippen molar-refractivity contribution < 1.29 is 9.47 Å². The Labute approximate surface area is 135 Å². The lowest BCUT2D eigenvalue weighted by Gasteiger charge is -2.01. The van der Waals surface area contributed by atoms with Crippen molar-refractivity contribution in [3.63, 3.8) is 0 Å². The molecule has 0 bridgehead atoms. The molecule has 0 radical (unpaired) electrons. The van der Waals surface area contributed by atoms with Crippen molar-refractivity contribution in [2.75, 3.05) is 12.1 Å². The first-order valence-corrected chi connectivity index (χ1v) is 8.12. The van der Waals surface area contributed by atoms with E-state index in [1.807, 2.05) is 12.1 Å². The summed E-state index contributed by atoms with van der Waals surface area (Å²) in [5, 5.41) is 4.23. The summed E-state index contributed by atoms with van der Waals surface area (Å²) in [4.78, 5) is 5.60. The summed E-state index contributed by atoms with van der Waals surface area (Å²) in [6.45, 7) is 0.288. The average molecular weight is 326 g/mol. The van der Waals surface area contributed by atoms with E-state index in [1.165, 1.54) is 5.56 Å². The van der Waals surface area contributed by atoms with Crippen LogP contribution < -0.4 is 14.8 Å². The largest absolute Gasteiger partial charge is 0.454 e. The van der Waals surface area contributed by atoms with Crippen LogP contribution in [-0.4, -0.2) is 16.8 Å². The number of rotatable bonds is 1. The van der Waals surface area contributed by atoms with Crippen molar-refractivity contribution in [1.82, 2.24) is 4.98 Å². The maximum atomic E-state index is 5.43. The van der Waals surface area contributed by atoms with Crippen LogP contribution >= 0.6 is 23.6 Å². The van der Waals surface area contributed by atoms with E-state index in [9.17, 15) is 0 Å². The summed E-state index contributed by atoms with van der Waals surface area (Å²) in [7, 11) is 0. The van der Waals surface area contributed by atoms with Gasteiger partial charge in [0.05, 0.1) is 15.2 Å². The summed E-state index contributed by atoms with van der Waals surface area (Å²) >= 11 is 6.89. The molecule has 2 aliphatic rings. The molecule has 5 rings (SSSR count). The van der Waals surface area contributed by atoms with E-state index in [2.05, 4.69) is 23.5 Å². The van der Waals surface area contributed by atoms with E-state index >= 15 is 0 Å². The molecule has 2 aromatic carbocycles. The van der Waals surface area contributed by atoms with Gasteiger partial charge in [0.15, 0.2) is 11.5 Å². The van der Waals surface area contributed by atoms with Gasteiger partial charge in [0.2, 0.25) is 6.79 Å². The number of thiazole rings is 1. The monoisotopic (exact) mass is 326 g/mol. The normalized spacial score (nSPS) is 15.2. The van der Waals surface area contributed by atoms with Crippen molar-refractivity contribution in [2.45, 2.75) is 6.42 Å². The van der Waals surface area contributed by atoms with Gasteiger partial charge in [-0.1, -0.05) is 24.4 Å². The third kappa shape index (κ3) is 1.81. The maximum absolute atomic E-state index is 5.43. The lowest BCUT2D eigenvalue weighted by molar-refractivity contribution is 0.174. The lowest BCUT2D eigenvalue weighted by Crippen LogP contribution is -2.00. The molecule has 1 N–H and O–H groups in total. The molecule has 0 aliphatic carbocycles. The highest BCUT2D eigenvalue weighted by atomic mass is 32.1. The number of aromatic nitrogens is 1. The first-order valence-electron chi connectivity index (χ1n) is 6.90. The van der Waals surface area contributed by atoms with Gasteiger partial charge in [-0.05, 0) is 11.6 Å². The van der Waals surface area contributed by atoms with Crippen LogP contribution in [-0.2, 0) is 6.42 Å². The fraction of sp³-hybridized carbons (Fsp3) is 0.125. The van der Waals surface area contributed by atoms with Crippen LogP contribution in [0.4, 0.5) is 5.69 Å². The number of nitrogens with zero attached hydrogens (tertiary/aromatic N) is 1. The van der Waals surface area contributed by atoms with Crippen molar-refractivity contribution in [3.8, 4) is 22.1 Å².